The van der Waals surface area contributed by atoms with Crippen LogP contribution in [0.1, 0.15) is 6.42 Å². The predicted molar refractivity (Wildman–Crippen MR) is 72.1 cm³/mol. The molecule has 0 aromatic heterocycles. The second kappa shape index (κ2) is 5.90. The number of carboxylic acid groups (broad SMARTS) is 1. The minimum absolute atomic E-state index is 0.318. The van der Waals surface area contributed by atoms with Crippen LogP contribution >= 0.6 is 0 Å². The van der Waals surface area contributed by atoms with Crippen molar-refractivity contribution in [1.29, 1.82) is 0 Å². The fourth-order valence-electron chi connectivity index (χ4n) is 2.33. The van der Waals surface area contributed by atoms with E-state index in [1.165, 1.54) is 36.2 Å². The van der Waals surface area contributed by atoms with E-state index in [4.69, 9.17) is 5.11 Å². The van der Waals surface area contributed by atoms with Crippen molar-refractivity contribution >= 4 is 23.5 Å². The summed E-state index contributed by atoms with van der Waals surface area (Å²) in [6.45, 7) is -0.0963. The Kier molecular flexibility index (Phi) is 4.21. The number of hydrogen-bond donors (Lipinski definition) is 1. The topological polar surface area (TPSA) is 77.9 Å². The summed E-state index contributed by atoms with van der Waals surface area (Å²) in [4.78, 5) is 37.4. The molecule has 1 aromatic rings. The van der Waals surface area contributed by atoms with Gasteiger partial charge in [0.25, 0.3) is 0 Å². The van der Waals surface area contributed by atoms with Crippen LogP contribution in [0.3, 0.4) is 0 Å². The number of benzene rings is 1. The number of carboxylic acids is 1. The van der Waals surface area contributed by atoms with Crippen molar-refractivity contribution in [1.82, 2.24) is 4.90 Å². The second-order valence-corrected chi connectivity index (χ2v) is 4.90. The molecule has 1 atom stereocenters. The Morgan fingerprint density at radius 1 is 1.38 bits per heavy atom. The summed E-state index contributed by atoms with van der Waals surface area (Å²) in [5.74, 6) is -3.30. The SMILES string of the molecule is CN(CC(=O)O)C(=O)C1CCN(c2ccc(F)cc2)C1=O. The van der Waals surface area contributed by atoms with Crippen molar-refractivity contribution in [2.24, 2.45) is 5.92 Å². The van der Waals surface area contributed by atoms with Gasteiger partial charge in [0.1, 0.15) is 18.3 Å². The number of nitrogens with zero attached hydrogens (tertiary/aromatic N) is 2. The predicted octanol–water partition coefficient (Wildman–Crippen LogP) is 0.722. The first-order valence-electron chi connectivity index (χ1n) is 6.44. The number of rotatable bonds is 4. The molecular weight excluding hydrogens is 279 g/mol. The highest BCUT2D eigenvalue weighted by Crippen LogP contribution is 2.26. The van der Waals surface area contributed by atoms with Gasteiger partial charge in [-0.1, -0.05) is 0 Å². The molecule has 21 heavy (non-hydrogen) atoms. The van der Waals surface area contributed by atoms with Gasteiger partial charge >= 0.3 is 5.97 Å². The Hall–Kier alpha value is -2.44. The van der Waals surface area contributed by atoms with Crippen LogP contribution < -0.4 is 4.90 Å². The highest BCUT2D eigenvalue weighted by Gasteiger charge is 2.39. The Labute approximate surface area is 120 Å². The lowest BCUT2D eigenvalue weighted by atomic mass is 10.1. The van der Waals surface area contributed by atoms with Crippen molar-refractivity contribution in [2.45, 2.75) is 6.42 Å². The lowest BCUT2D eigenvalue weighted by molar-refractivity contribution is -0.146. The average Bonchev–Trinajstić information content (AvgIpc) is 2.80. The molecular formula is C14H15FN2O4. The number of carbonyl (C=O) groups excluding carboxylic acids is 2. The van der Waals surface area contributed by atoms with E-state index in [0.717, 1.165) is 4.90 Å². The molecule has 0 bridgehead atoms. The van der Waals surface area contributed by atoms with E-state index in [1.807, 2.05) is 0 Å². The molecule has 1 aliphatic rings. The van der Waals surface area contributed by atoms with Gasteiger partial charge in [0, 0.05) is 19.3 Å². The Morgan fingerprint density at radius 2 is 2.00 bits per heavy atom. The number of amides is 2. The molecule has 1 N–H and O–H groups in total. The Balaban J connectivity index is 2.09. The summed E-state index contributed by atoms with van der Waals surface area (Å²) in [6.07, 6.45) is 0.318. The van der Waals surface area contributed by atoms with Gasteiger partial charge in [-0.15, -0.1) is 0 Å². The summed E-state index contributed by atoms with van der Waals surface area (Å²) in [5.41, 5.74) is 0.526. The monoisotopic (exact) mass is 294 g/mol. The molecule has 112 valence electrons. The summed E-state index contributed by atoms with van der Waals surface area (Å²) < 4.78 is 12.9. The van der Waals surface area contributed by atoms with Crippen molar-refractivity contribution in [3.8, 4) is 0 Å². The molecule has 0 saturated carbocycles. The molecule has 7 heteroatoms. The van der Waals surface area contributed by atoms with Gasteiger partial charge < -0.3 is 14.9 Å². The molecule has 2 amide bonds. The fraction of sp³-hybridized carbons (Fsp3) is 0.357. The third kappa shape index (κ3) is 3.18. The van der Waals surface area contributed by atoms with Crippen LogP contribution in [-0.4, -0.2) is 47.9 Å². The van der Waals surface area contributed by atoms with Gasteiger partial charge in [-0.2, -0.15) is 0 Å². The maximum absolute atomic E-state index is 12.9. The summed E-state index contributed by atoms with van der Waals surface area (Å²) >= 11 is 0. The lowest BCUT2D eigenvalue weighted by Crippen LogP contribution is -2.40. The smallest absolute Gasteiger partial charge is 0.323 e. The third-order valence-electron chi connectivity index (χ3n) is 3.39. The van der Waals surface area contributed by atoms with Crippen LogP contribution in [-0.2, 0) is 14.4 Å². The lowest BCUT2D eigenvalue weighted by Gasteiger charge is -2.19. The zero-order valence-electron chi connectivity index (χ0n) is 11.5. The average molecular weight is 294 g/mol. The van der Waals surface area contributed by atoms with Crippen LogP contribution in [0, 0.1) is 11.7 Å². The molecule has 1 fully saturated rings. The Morgan fingerprint density at radius 3 is 2.57 bits per heavy atom. The van der Waals surface area contributed by atoms with Crippen LogP contribution in [0.4, 0.5) is 10.1 Å². The Bertz CT molecular complexity index is 573. The number of hydrogen-bond acceptors (Lipinski definition) is 3. The van der Waals surface area contributed by atoms with E-state index in [0.29, 0.717) is 18.7 Å². The van der Waals surface area contributed by atoms with Gasteiger partial charge in [-0.25, -0.2) is 4.39 Å². The molecule has 6 nitrogen and oxygen atoms in total. The van der Waals surface area contributed by atoms with Crippen LogP contribution in [0.5, 0.6) is 0 Å². The van der Waals surface area contributed by atoms with E-state index in [-0.39, 0.29) is 5.91 Å². The van der Waals surface area contributed by atoms with Crippen molar-refractivity contribution < 1.29 is 23.9 Å². The van der Waals surface area contributed by atoms with Gasteiger partial charge in [-0.3, -0.25) is 14.4 Å². The molecule has 1 heterocycles. The number of anilines is 1. The van der Waals surface area contributed by atoms with Gasteiger partial charge in [-0.05, 0) is 30.7 Å². The maximum atomic E-state index is 12.9. The normalized spacial score (nSPS) is 17.9. The highest BCUT2D eigenvalue weighted by molar-refractivity contribution is 6.09. The quantitative estimate of drug-likeness (QED) is 0.830. The van der Waals surface area contributed by atoms with Crippen molar-refractivity contribution in [3.05, 3.63) is 30.1 Å². The number of likely N-dealkylation sites (N-methyl/N-ethyl adjacent to an activating group) is 1. The number of aliphatic carboxylic acids is 1. The minimum atomic E-state index is -1.13. The van der Waals surface area contributed by atoms with E-state index < -0.39 is 30.2 Å². The first-order valence-corrected chi connectivity index (χ1v) is 6.44. The molecule has 1 aliphatic heterocycles. The molecule has 1 aromatic carbocycles. The van der Waals surface area contributed by atoms with E-state index >= 15 is 0 Å². The largest absolute Gasteiger partial charge is 0.480 e. The fourth-order valence-corrected chi connectivity index (χ4v) is 2.33. The van der Waals surface area contributed by atoms with Crippen LogP contribution in [0.25, 0.3) is 0 Å². The van der Waals surface area contributed by atoms with Gasteiger partial charge in [0.2, 0.25) is 11.8 Å². The molecule has 1 saturated heterocycles. The molecule has 0 spiro atoms. The van der Waals surface area contributed by atoms with Gasteiger partial charge in [0.15, 0.2) is 0 Å². The van der Waals surface area contributed by atoms with E-state index in [1.54, 1.807) is 0 Å². The van der Waals surface area contributed by atoms with Crippen LogP contribution in [0.15, 0.2) is 24.3 Å². The maximum Gasteiger partial charge on any atom is 0.323 e. The number of carbonyl (C=O) groups is 3. The van der Waals surface area contributed by atoms with Crippen LogP contribution in [0.2, 0.25) is 0 Å². The second-order valence-electron chi connectivity index (χ2n) is 4.90. The molecule has 1 unspecified atom stereocenters. The summed E-state index contributed by atoms with van der Waals surface area (Å²) in [7, 11) is 1.35. The van der Waals surface area contributed by atoms with E-state index in [2.05, 4.69) is 0 Å². The standard InChI is InChI=1S/C14H15FN2O4/c1-16(8-12(18)19)13(20)11-6-7-17(14(11)21)10-4-2-9(15)3-5-10/h2-5,11H,6-8H2,1H3,(H,18,19). The zero-order chi connectivity index (χ0) is 15.6. The first-order chi connectivity index (χ1) is 9.90. The molecule has 2 rings (SSSR count). The third-order valence-corrected chi connectivity index (χ3v) is 3.39. The van der Waals surface area contributed by atoms with Crippen molar-refractivity contribution in [2.75, 3.05) is 25.0 Å². The summed E-state index contributed by atoms with van der Waals surface area (Å²) in [6, 6.07) is 5.44. The first kappa shape index (κ1) is 15.0. The zero-order valence-corrected chi connectivity index (χ0v) is 11.5. The number of halogens is 1. The minimum Gasteiger partial charge on any atom is -0.480 e. The highest BCUT2D eigenvalue weighted by atomic mass is 19.1. The molecule has 0 aliphatic carbocycles. The summed E-state index contributed by atoms with van der Waals surface area (Å²) in [5, 5.41) is 8.67. The van der Waals surface area contributed by atoms with Gasteiger partial charge in [0.05, 0.1) is 0 Å². The van der Waals surface area contributed by atoms with E-state index in [9.17, 15) is 18.8 Å². The molecule has 0 radical (unpaired) electrons. The van der Waals surface area contributed by atoms with Crippen molar-refractivity contribution in [3.63, 3.8) is 0 Å².